The Balaban J connectivity index is 3.33. The third-order valence-corrected chi connectivity index (χ3v) is 1.86. The molecule has 1 heterocycles. The van der Waals surface area contributed by atoms with Crippen LogP contribution in [0.2, 0.25) is 5.02 Å². The summed E-state index contributed by atoms with van der Waals surface area (Å²) in [6, 6.07) is 0. The monoisotopic (exact) mass is 223 g/mol. The molecule has 0 amide bonds. The molecule has 0 saturated carbocycles. The van der Waals surface area contributed by atoms with Crippen LogP contribution in [0.5, 0.6) is 0 Å². The number of pyridine rings is 1. The number of aromatic nitrogens is 1. The number of halogens is 3. The van der Waals surface area contributed by atoms with Crippen molar-refractivity contribution in [2.45, 2.75) is 6.43 Å². The lowest BCUT2D eigenvalue weighted by atomic mass is 10.3. The summed E-state index contributed by atoms with van der Waals surface area (Å²) in [5, 5.41) is 9.72. The topological polar surface area (TPSA) is 82.0 Å². The van der Waals surface area contributed by atoms with Crippen molar-refractivity contribution in [2.24, 2.45) is 0 Å². The molecule has 76 valence electrons. The molecule has 0 spiro atoms. The van der Waals surface area contributed by atoms with Gasteiger partial charge in [-0.25, -0.2) is 13.8 Å². The van der Waals surface area contributed by atoms with Crippen molar-refractivity contribution in [1.82, 2.24) is 4.98 Å². The molecule has 0 radical (unpaired) electrons. The molecule has 0 bridgehead atoms. The summed E-state index contributed by atoms with van der Waals surface area (Å²) in [6.45, 7) is 0. The molecule has 0 aliphatic carbocycles. The van der Waals surface area contributed by atoms with Crippen LogP contribution in [0, 0.1) is 10.1 Å². The number of nitro groups is 1. The van der Waals surface area contributed by atoms with Gasteiger partial charge in [0.15, 0.2) is 0 Å². The molecule has 0 fully saturated rings. The molecule has 8 heteroatoms. The van der Waals surface area contributed by atoms with Gasteiger partial charge in [0.2, 0.25) is 0 Å². The predicted molar refractivity (Wildman–Crippen MR) is 45.3 cm³/mol. The van der Waals surface area contributed by atoms with E-state index >= 15 is 0 Å². The van der Waals surface area contributed by atoms with E-state index in [-0.39, 0.29) is 0 Å². The summed E-state index contributed by atoms with van der Waals surface area (Å²) in [5.41, 5.74) is 3.34. The van der Waals surface area contributed by atoms with Gasteiger partial charge in [0.1, 0.15) is 17.6 Å². The van der Waals surface area contributed by atoms with E-state index in [9.17, 15) is 18.9 Å². The lowest BCUT2D eigenvalue weighted by Crippen LogP contribution is -2.01. The predicted octanol–water partition coefficient (Wildman–Crippen LogP) is 2.16. The van der Waals surface area contributed by atoms with Crippen LogP contribution in [-0.2, 0) is 0 Å². The number of anilines is 1. The van der Waals surface area contributed by atoms with Crippen LogP contribution in [0.3, 0.4) is 0 Å². The molecular formula is C6H4ClF2N3O2. The van der Waals surface area contributed by atoms with Crippen LogP contribution in [0.4, 0.5) is 20.2 Å². The fourth-order valence-electron chi connectivity index (χ4n) is 0.805. The van der Waals surface area contributed by atoms with Gasteiger partial charge in [0.05, 0.1) is 9.95 Å². The molecule has 0 unspecified atom stereocenters. The zero-order chi connectivity index (χ0) is 10.9. The molecular weight excluding hydrogens is 220 g/mol. The second-order valence-electron chi connectivity index (χ2n) is 2.31. The van der Waals surface area contributed by atoms with Crippen LogP contribution in [0.25, 0.3) is 0 Å². The van der Waals surface area contributed by atoms with Crippen molar-refractivity contribution in [3.8, 4) is 0 Å². The van der Waals surface area contributed by atoms with Crippen molar-refractivity contribution in [3.63, 3.8) is 0 Å². The molecule has 1 aromatic rings. The highest BCUT2D eigenvalue weighted by molar-refractivity contribution is 6.34. The molecule has 1 rings (SSSR count). The normalized spacial score (nSPS) is 10.6. The second-order valence-corrected chi connectivity index (χ2v) is 2.69. The maximum Gasteiger partial charge on any atom is 0.311 e. The zero-order valence-electron chi connectivity index (χ0n) is 6.58. The summed E-state index contributed by atoms with van der Waals surface area (Å²) >= 11 is 5.37. The number of nitrogens with two attached hydrogens (primary N) is 1. The third-order valence-electron chi connectivity index (χ3n) is 1.47. The Hall–Kier alpha value is -1.50. The Kier molecular flexibility index (Phi) is 2.80. The average Bonchev–Trinajstić information content (AvgIpc) is 2.08. The van der Waals surface area contributed by atoms with Gasteiger partial charge in [-0.1, -0.05) is 11.6 Å². The van der Waals surface area contributed by atoms with E-state index in [1.54, 1.807) is 0 Å². The minimum absolute atomic E-state index is 0.498. The third kappa shape index (κ3) is 1.72. The number of nitrogen functional groups attached to an aromatic ring is 1. The van der Waals surface area contributed by atoms with Gasteiger partial charge in [0, 0.05) is 0 Å². The Bertz CT molecular complexity index is 386. The number of rotatable bonds is 2. The minimum atomic E-state index is -2.91. The number of alkyl halides is 2. The van der Waals surface area contributed by atoms with Crippen LogP contribution in [0.15, 0.2) is 6.20 Å². The minimum Gasteiger partial charge on any atom is -0.392 e. The standard InChI is InChI=1S/C6H4ClF2N3O2/c7-3-4(10)2(12(13)14)1-11-5(3)6(8)9/h1,6H,(H2,10,11). The second kappa shape index (κ2) is 3.70. The summed E-state index contributed by atoms with van der Waals surface area (Å²) < 4.78 is 24.3. The first-order valence-electron chi connectivity index (χ1n) is 3.31. The summed E-state index contributed by atoms with van der Waals surface area (Å²) in [4.78, 5) is 12.6. The Morgan fingerprint density at radius 3 is 2.64 bits per heavy atom. The zero-order valence-corrected chi connectivity index (χ0v) is 7.33. The smallest absolute Gasteiger partial charge is 0.311 e. The fourth-order valence-corrected chi connectivity index (χ4v) is 1.03. The van der Waals surface area contributed by atoms with Gasteiger partial charge in [-0.15, -0.1) is 0 Å². The van der Waals surface area contributed by atoms with E-state index in [0.717, 1.165) is 0 Å². The summed E-state index contributed by atoms with van der Waals surface area (Å²) in [7, 11) is 0. The molecule has 0 aromatic carbocycles. The van der Waals surface area contributed by atoms with Crippen molar-refractivity contribution >= 4 is 23.0 Å². The lowest BCUT2D eigenvalue weighted by Gasteiger charge is -2.04. The molecule has 0 aliphatic rings. The highest BCUT2D eigenvalue weighted by atomic mass is 35.5. The Labute approximate surface area is 81.6 Å². The highest BCUT2D eigenvalue weighted by Crippen LogP contribution is 2.34. The largest absolute Gasteiger partial charge is 0.392 e. The first-order valence-corrected chi connectivity index (χ1v) is 3.69. The lowest BCUT2D eigenvalue weighted by molar-refractivity contribution is -0.384. The molecule has 14 heavy (non-hydrogen) atoms. The summed E-state index contributed by atoms with van der Waals surface area (Å²) in [5.74, 6) is 0. The average molecular weight is 224 g/mol. The number of hydrogen-bond acceptors (Lipinski definition) is 4. The van der Waals surface area contributed by atoms with Crippen LogP contribution in [0.1, 0.15) is 12.1 Å². The van der Waals surface area contributed by atoms with Crippen molar-refractivity contribution in [2.75, 3.05) is 5.73 Å². The van der Waals surface area contributed by atoms with Gasteiger partial charge in [-0.3, -0.25) is 10.1 Å². The van der Waals surface area contributed by atoms with E-state index in [0.29, 0.717) is 6.20 Å². The van der Waals surface area contributed by atoms with E-state index < -0.39 is 33.4 Å². The molecule has 0 atom stereocenters. The molecule has 5 nitrogen and oxygen atoms in total. The molecule has 1 aromatic heterocycles. The Morgan fingerprint density at radius 1 is 1.64 bits per heavy atom. The van der Waals surface area contributed by atoms with Crippen LogP contribution in [-0.4, -0.2) is 9.91 Å². The Morgan fingerprint density at radius 2 is 2.21 bits per heavy atom. The van der Waals surface area contributed by atoms with Gasteiger partial charge in [-0.2, -0.15) is 0 Å². The van der Waals surface area contributed by atoms with Gasteiger partial charge in [-0.05, 0) is 0 Å². The maximum absolute atomic E-state index is 12.2. The van der Waals surface area contributed by atoms with Gasteiger partial charge in [0.25, 0.3) is 6.43 Å². The molecule has 2 N–H and O–H groups in total. The van der Waals surface area contributed by atoms with Gasteiger partial charge < -0.3 is 5.73 Å². The van der Waals surface area contributed by atoms with Gasteiger partial charge >= 0.3 is 5.69 Å². The highest BCUT2D eigenvalue weighted by Gasteiger charge is 2.22. The van der Waals surface area contributed by atoms with E-state index in [1.807, 2.05) is 0 Å². The van der Waals surface area contributed by atoms with Crippen molar-refractivity contribution < 1.29 is 13.7 Å². The molecule has 0 saturated heterocycles. The number of nitrogens with zero attached hydrogens (tertiary/aromatic N) is 2. The van der Waals surface area contributed by atoms with E-state index in [1.165, 1.54) is 0 Å². The quantitative estimate of drug-likeness (QED) is 0.615. The molecule has 0 aliphatic heterocycles. The maximum atomic E-state index is 12.2. The van der Waals surface area contributed by atoms with E-state index in [2.05, 4.69) is 4.98 Å². The van der Waals surface area contributed by atoms with E-state index in [4.69, 9.17) is 17.3 Å². The fraction of sp³-hybridized carbons (Fsp3) is 0.167. The first kappa shape index (κ1) is 10.6. The van der Waals surface area contributed by atoms with Crippen molar-refractivity contribution in [1.29, 1.82) is 0 Å². The summed E-state index contributed by atoms with van der Waals surface area (Å²) in [6.07, 6.45) is -2.26. The van der Waals surface area contributed by atoms with Crippen LogP contribution < -0.4 is 5.73 Å². The number of hydrogen-bond donors (Lipinski definition) is 1. The van der Waals surface area contributed by atoms with Crippen LogP contribution >= 0.6 is 11.6 Å². The first-order chi connectivity index (χ1) is 6.45. The SMILES string of the molecule is Nc1c([N+](=O)[O-])cnc(C(F)F)c1Cl. The van der Waals surface area contributed by atoms with Crippen molar-refractivity contribution in [3.05, 3.63) is 27.0 Å².